The smallest absolute Gasteiger partial charge is 0.338 e. The van der Waals surface area contributed by atoms with Crippen LogP contribution in [0.2, 0.25) is 0 Å². The summed E-state index contributed by atoms with van der Waals surface area (Å²) in [5, 5.41) is 1.39. The summed E-state index contributed by atoms with van der Waals surface area (Å²) < 4.78 is 16.9. The number of methoxy groups -OCH3 is 2. The van der Waals surface area contributed by atoms with Crippen LogP contribution in [-0.2, 0) is 11.2 Å². The van der Waals surface area contributed by atoms with E-state index in [2.05, 4.69) is 34.1 Å². The lowest BCUT2D eigenvalue weighted by Crippen LogP contribution is -2.48. The molecule has 1 N–H and O–H groups in total. The molecule has 1 saturated carbocycles. The molecule has 6 nitrogen and oxygen atoms in total. The van der Waals surface area contributed by atoms with Gasteiger partial charge >= 0.3 is 5.97 Å². The highest BCUT2D eigenvalue weighted by Gasteiger charge is 2.43. The highest BCUT2D eigenvalue weighted by Crippen LogP contribution is 2.47. The number of aromatic nitrogens is 1. The first-order chi connectivity index (χ1) is 17.1. The summed E-state index contributed by atoms with van der Waals surface area (Å²) >= 11 is 0. The molecule has 2 fully saturated rings. The normalized spacial score (nSPS) is 25.9. The number of hydrogen-bond donors (Lipinski definition) is 1. The maximum Gasteiger partial charge on any atom is 0.338 e. The summed E-state index contributed by atoms with van der Waals surface area (Å²) in [4.78, 5) is 19.4. The monoisotopic (exact) mass is 474 g/mol. The highest BCUT2D eigenvalue weighted by atomic mass is 16.5. The van der Waals surface area contributed by atoms with Crippen molar-refractivity contribution in [3.8, 4) is 11.5 Å². The van der Waals surface area contributed by atoms with Gasteiger partial charge in [0.05, 0.1) is 25.8 Å². The first-order valence-electron chi connectivity index (χ1n) is 12.8. The molecule has 2 aromatic carbocycles. The number of aromatic amines is 1. The summed E-state index contributed by atoms with van der Waals surface area (Å²) in [6.45, 7) is 4.12. The van der Waals surface area contributed by atoms with Gasteiger partial charge in [0.25, 0.3) is 0 Å². The lowest BCUT2D eigenvalue weighted by molar-refractivity contribution is -0.0280. The van der Waals surface area contributed by atoms with Crippen molar-refractivity contribution in [2.45, 2.75) is 51.2 Å². The van der Waals surface area contributed by atoms with Gasteiger partial charge in [-0.1, -0.05) is 18.2 Å². The molecule has 1 aliphatic carbocycles. The number of carbonyl (C=O) groups excluding carboxylic acids is 1. The van der Waals surface area contributed by atoms with Gasteiger partial charge < -0.3 is 19.2 Å². The van der Waals surface area contributed by atoms with Crippen molar-refractivity contribution in [3.05, 3.63) is 58.8 Å². The van der Waals surface area contributed by atoms with E-state index in [1.165, 1.54) is 28.6 Å². The van der Waals surface area contributed by atoms with Crippen molar-refractivity contribution in [2.24, 2.45) is 11.8 Å². The van der Waals surface area contributed by atoms with Gasteiger partial charge in [0.1, 0.15) is 6.10 Å². The number of hydrogen-bond acceptors (Lipinski definition) is 5. The van der Waals surface area contributed by atoms with Gasteiger partial charge in [0.2, 0.25) is 0 Å². The summed E-state index contributed by atoms with van der Waals surface area (Å²) in [6, 6.07) is 12.7. The number of fused-ring (bicyclic) bond motifs is 6. The van der Waals surface area contributed by atoms with Crippen LogP contribution in [0.25, 0.3) is 10.9 Å². The Morgan fingerprint density at radius 2 is 1.91 bits per heavy atom. The Kier molecular flexibility index (Phi) is 5.72. The molecule has 2 unspecified atom stereocenters. The minimum atomic E-state index is -0.271. The zero-order valence-corrected chi connectivity index (χ0v) is 20.8. The second-order valence-corrected chi connectivity index (χ2v) is 10.4. The standard InChI is InChI=1S/C29H34N2O4/c1-17-12-19(15-26(33-2)28(17)34-3)29(32)35-21-9-8-18-14-25-27-23(10-11-31(25)16-20(18)13-21)22-6-4-5-7-24(22)30-27/h4-7,12,15,18,20-21,25,30H,8-11,13-14,16H2,1-3H3/t18-,20+,21?,25?/m0/s1. The topological polar surface area (TPSA) is 63.8 Å². The Hall–Kier alpha value is -2.99. The zero-order valence-electron chi connectivity index (χ0n) is 20.8. The third kappa shape index (κ3) is 3.88. The van der Waals surface area contributed by atoms with Gasteiger partial charge in [0, 0.05) is 29.7 Å². The van der Waals surface area contributed by atoms with Crippen LogP contribution < -0.4 is 9.47 Å². The Morgan fingerprint density at radius 3 is 2.74 bits per heavy atom. The number of nitrogens with zero attached hydrogens (tertiary/aromatic N) is 1. The number of piperidine rings is 1. The average molecular weight is 475 g/mol. The second-order valence-electron chi connectivity index (χ2n) is 10.4. The molecule has 3 heterocycles. The third-order valence-electron chi connectivity index (χ3n) is 8.53. The lowest BCUT2D eigenvalue weighted by atomic mass is 9.70. The largest absolute Gasteiger partial charge is 0.493 e. The molecule has 1 saturated heterocycles. The van der Waals surface area contributed by atoms with Crippen molar-refractivity contribution in [2.75, 3.05) is 27.3 Å². The first-order valence-corrected chi connectivity index (χ1v) is 12.8. The number of benzene rings is 2. The molecule has 35 heavy (non-hydrogen) atoms. The van der Waals surface area contributed by atoms with Crippen LogP contribution in [0, 0.1) is 18.8 Å². The molecule has 6 heteroatoms. The quantitative estimate of drug-likeness (QED) is 0.510. The number of carbonyl (C=O) groups is 1. The maximum atomic E-state index is 13.0. The van der Waals surface area contributed by atoms with Crippen LogP contribution in [0.1, 0.15) is 58.9 Å². The number of rotatable bonds is 4. The van der Waals surface area contributed by atoms with Crippen molar-refractivity contribution in [1.82, 2.24) is 9.88 Å². The molecule has 184 valence electrons. The molecule has 0 bridgehead atoms. The van der Waals surface area contributed by atoms with E-state index in [1.807, 2.05) is 13.0 Å². The second kappa shape index (κ2) is 8.90. The minimum Gasteiger partial charge on any atom is -0.493 e. The summed E-state index contributed by atoms with van der Waals surface area (Å²) in [5.74, 6) is 2.21. The van der Waals surface area contributed by atoms with Crippen LogP contribution in [0.5, 0.6) is 11.5 Å². The van der Waals surface area contributed by atoms with Crippen LogP contribution in [0.15, 0.2) is 36.4 Å². The third-order valence-corrected chi connectivity index (χ3v) is 8.53. The van der Waals surface area contributed by atoms with E-state index in [1.54, 1.807) is 20.3 Å². The lowest BCUT2D eigenvalue weighted by Gasteiger charge is -2.49. The fourth-order valence-corrected chi connectivity index (χ4v) is 6.86. The van der Waals surface area contributed by atoms with Crippen LogP contribution in [0.4, 0.5) is 0 Å². The van der Waals surface area contributed by atoms with Gasteiger partial charge in [-0.3, -0.25) is 4.90 Å². The van der Waals surface area contributed by atoms with E-state index in [0.717, 1.165) is 44.3 Å². The van der Waals surface area contributed by atoms with Gasteiger partial charge in [-0.05, 0) is 80.2 Å². The van der Waals surface area contributed by atoms with E-state index in [-0.39, 0.29) is 12.1 Å². The molecule has 4 atom stereocenters. The van der Waals surface area contributed by atoms with Gasteiger partial charge in [-0.25, -0.2) is 4.79 Å². The molecular weight excluding hydrogens is 440 g/mol. The molecule has 0 amide bonds. The average Bonchev–Trinajstić information content (AvgIpc) is 3.26. The zero-order chi connectivity index (χ0) is 24.1. The molecule has 6 rings (SSSR count). The number of para-hydroxylation sites is 1. The number of H-pyrrole nitrogens is 1. The number of esters is 1. The van der Waals surface area contributed by atoms with Crippen LogP contribution in [-0.4, -0.2) is 49.3 Å². The van der Waals surface area contributed by atoms with E-state index in [0.29, 0.717) is 34.9 Å². The SMILES string of the molecule is COc1cc(C(=O)OC2CC[C@H]3CC4c5[nH]c6ccccc6c5CCN4C[C@H]3C2)cc(C)c1OC. The molecule has 3 aliphatic rings. The Bertz CT molecular complexity index is 1270. The fourth-order valence-electron chi connectivity index (χ4n) is 6.86. The number of nitrogens with one attached hydrogen (secondary N) is 1. The molecule has 0 radical (unpaired) electrons. The number of ether oxygens (including phenoxy) is 3. The summed E-state index contributed by atoms with van der Waals surface area (Å²) in [7, 11) is 3.20. The Morgan fingerprint density at radius 1 is 1.06 bits per heavy atom. The van der Waals surface area contributed by atoms with Crippen molar-refractivity contribution >= 4 is 16.9 Å². The van der Waals surface area contributed by atoms with E-state index in [9.17, 15) is 4.79 Å². The maximum absolute atomic E-state index is 13.0. The Balaban J connectivity index is 1.14. The molecular formula is C29H34N2O4. The predicted octanol–water partition coefficient (Wildman–Crippen LogP) is 5.44. The number of aryl methyl sites for hydroxylation is 1. The highest BCUT2D eigenvalue weighted by molar-refractivity contribution is 5.91. The molecule has 3 aromatic rings. The van der Waals surface area contributed by atoms with Crippen LogP contribution >= 0.6 is 0 Å². The summed E-state index contributed by atoms with van der Waals surface area (Å²) in [5.41, 5.74) is 5.61. The van der Waals surface area contributed by atoms with Crippen LogP contribution in [0.3, 0.4) is 0 Å². The van der Waals surface area contributed by atoms with E-state index in [4.69, 9.17) is 14.2 Å². The van der Waals surface area contributed by atoms with E-state index >= 15 is 0 Å². The molecule has 0 spiro atoms. The van der Waals surface area contributed by atoms with Gasteiger partial charge in [0.15, 0.2) is 11.5 Å². The predicted molar refractivity (Wildman–Crippen MR) is 135 cm³/mol. The van der Waals surface area contributed by atoms with Crippen molar-refractivity contribution in [3.63, 3.8) is 0 Å². The summed E-state index contributed by atoms with van der Waals surface area (Å²) in [6.07, 6.45) is 5.27. The molecule has 1 aromatic heterocycles. The first kappa shape index (κ1) is 22.5. The van der Waals surface area contributed by atoms with Gasteiger partial charge in [-0.15, -0.1) is 0 Å². The van der Waals surface area contributed by atoms with Crippen molar-refractivity contribution < 1.29 is 19.0 Å². The fraction of sp³-hybridized carbons (Fsp3) is 0.483. The van der Waals surface area contributed by atoms with E-state index < -0.39 is 0 Å². The molecule has 2 aliphatic heterocycles. The minimum absolute atomic E-state index is 0.0258. The Labute approximate surface area is 206 Å². The van der Waals surface area contributed by atoms with Crippen molar-refractivity contribution in [1.29, 1.82) is 0 Å². The van der Waals surface area contributed by atoms with Gasteiger partial charge in [-0.2, -0.15) is 0 Å².